The minimum Gasteiger partial charge on any atom is -0.457 e. The second kappa shape index (κ2) is 11.8. The Hall–Kier alpha value is -4.00. The van der Waals surface area contributed by atoms with Crippen molar-refractivity contribution < 1.29 is 14.0 Å². The molecular weight excluding hydrogens is 533 g/mol. The van der Waals surface area contributed by atoms with E-state index in [-0.39, 0.29) is 11.8 Å². The van der Waals surface area contributed by atoms with E-state index in [1.165, 1.54) is 6.08 Å². The number of rotatable bonds is 6. The molecule has 0 atom stereocenters. The van der Waals surface area contributed by atoms with E-state index >= 15 is 0 Å². The number of para-hydroxylation sites is 2. The second-order valence-corrected chi connectivity index (χ2v) is 10.1. The highest BCUT2D eigenvalue weighted by atomic mass is 35.5. The van der Waals surface area contributed by atoms with Crippen LogP contribution in [0.4, 0.5) is 11.4 Å². The van der Waals surface area contributed by atoms with Gasteiger partial charge in [-0.15, -0.1) is 0 Å². The zero-order chi connectivity index (χ0) is 27.4. The molecule has 1 aliphatic heterocycles. The molecule has 1 saturated heterocycles. The standard InChI is InChI=1S/C31H27Cl2N3O3/c1-21-6-7-23(20-26(21)33)29-14-12-25(39-29)13-15-30(37)34-27-4-2-3-5-28(27)35-16-18-36(19-17-35)31(38)22-8-10-24(32)11-9-22/h2-15,20H,16-19H2,1H3,(H,34,37). The molecule has 0 radical (unpaired) electrons. The van der Waals surface area contributed by atoms with Crippen molar-refractivity contribution in [3.05, 3.63) is 112 Å². The summed E-state index contributed by atoms with van der Waals surface area (Å²) in [6.45, 7) is 4.41. The van der Waals surface area contributed by atoms with Crippen LogP contribution in [0.3, 0.4) is 0 Å². The Morgan fingerprint density at radius 3 is 2.38 bits per heavy atom. The fourth-order valence-electron chi connectivity index (χ4n) is 4.46. The van der Waals surface area contributed by atoms with Gasteiger partial charge in [-0.2, -0.15) is 0 Å². The summed E-state index contributed by atoms with van der Waals surface area (Å²) >= 11 is 12.2. The molecule has 0 aliphatic carbocycles. The monoisotopic (exact) mass is 559 g/mol. The van der Waals surface area contributed by atoms with Gasteiger partial charge in [0, 0.05) is 53.4 Å². The molecule has 1 fully saturated rings. The lowest BCUT2D eigenvalue weighted by molar-refractivity contribution is -0.111. The maximum absolute atomic E-state index is 12.9. The summed E-state index contributed by atoms with van der Waals surface area (Å²) in [6.07, 6.45) is 3.09. The van der Waals surface area contributed by atoms with Crippen molar-refractivity contribution in [2.24, 2.45) is 0 Å². The number of furan rings is 1. The summed E-state index contributed by atoms with van der Waals surface area (Å²) in [4.78, 5) is 29.6. The predicted octanol–water partition coefficient (Wildman–Crippen LogP) is 7.18. The first-order valence-corrected chi connectivity index (χ1v) is 13.4. The Kier molecular flexibility index (Phi) is 8.05. The van der Waals surface area contributed by atoms with Crippen LogP contribution < -0.4 is 10.2 Å². The quantitative estimate of drug-likeness (QED) is 0.254. The van der Waals surface area contributed by atoms with Crippen molar-refractivity contribution in [1.82, 2.24) is 4.90 Å². The van der Waals surface area contributed by atoms with Gasteiger partial charge >= 0.3 is 0 Å². The molecule has 0 saturated carbocycles. The summed E-state index contributed by atoms with van der Waals surface area (Å²) < 4.78 is 5.88. The maximum Gasteiger partial charge on any atom is 0.253 e. The highest BCUT2D eigenvalue weighted by Crippen LogP contribution is 2.29. The van der Waals surface area contributed by atoms with Crippen molar-refractivity contribution in [3.63, 3.8) is 0 Å². The lowest BCUT2D eigenvalue weighted by Crippen LogP contribution is -2.49. The van der Waals surface area contributed by atoms with Crippen LogP contribution in [0.1, 0.15) is 21.7 Å². The predicted molar refractivity (Wildman–Crippen MR) is 158 cm³/mol. The van der Waals surface area contributed by atoms with E-state index in [1.807, 2.05) is 66.4 Å². The average molecular weight is 560 g/mol. The van der Waals surface area contributed by atoms with E-state index in [0.717, 1.165) is 16.8 Å². The van der Waals surface area contributed by atoms with E-state index in [0.29, 0.717) is 59.0 Å². The van der Waals surface area contributed by atoms with E-state index < -0.39 is 0 Å². The number of piperazine rings is 1. The van der Waals surface area contributed by atoms with Gasteiger partial charge in [0.25, 0.3) is 5.91 Å². The van der Waals surface area contributed by atoms with Crippen molar-refractivity contribution in [2.75, 3.05) is 36.4 Å². The Balaban J connectivity index is 1.20. The van der Waals surface area contributed by atoms with Crippen LogP contribution in [-0.2, 0) is 4.79 Å². The molecule has 6 nitrogen and oxygen atoms in total. The minimum absolute atomic E-state index is 0.00963. The first kappa shape index (κ1) is 26.6. The third-order valence-electron chi connectivity index (χ3n) is 6.64. The summed E-state index contributed by atoms with van der Waals surface area (Å²) in [5.74, 6) is 0.961. The third-order valence-corrected chi connectivity index (χ3v) is 7.30. The van der Waals surface area contributed by atoms with E-state index in [4.69, 9.17) is 27.6 Å². The zero-order valence-corrected chi connectivity index (χ0v) is 22.9. The van der Waals surface area contributed by atoms with Gasteiger partial charge in [0.1, 0.15) is 11.5 Å². The van der Waals surface area contributed by atoms with E-state index in [2.05, 4.69) is 10.2 Å². The number of nitrogens with one attached hydrogen (secondary N) is 1. The Bertz CT molecular complexity index is 1520. The maximum atomic E-state index is 12.9. The molecule has 1 N–H and O–H groups in total. The van der Waals surface area contributed by atoms with Gasteiger partial charge in [-0.1, -0.05) is 47.5 Å². The lowest BCUT2D eigenvalue weighted by atomic mass is 10.1. The van der Waals surface area contributed by atoms with Crippen molar-refractivity contribution in [1.29, 1.82) is 0 Å². The van der Waals surface area contributed by atoms with Gasteiger partial charge in [-0.3, -0.25) is 9.59 Å². The van der Waals surface area contributed by atoms with Crippen molar-refractivity contribution in [2.45, 2.75) is 6.92 Å². The Labute approximate surface area is 237 Å². The van der Waals surface area contributed by atoms with E-state index in [1.54, 1.807) is 30.3 Å². The number of hydrogen-bond acceptors (Lipinski definition) is 4. The molecule has 2 heterocycles. The number of halogens is 2. The van der Waals surface area contributed by atoms with E-state index in [9.17, 15) is 9.59 Å². The molecule has 4 aromatic rings. The summed E-state index contributed by atoms with van der Waals surface area (Å²) in [5.41, 5.74) is 4.11. The van der Waals surface area contributed by atoms with Gasteiger partial charge in [0.15, 0.2) is 0 Å². The van der Waals surface area contributed by atoms with Crippen LogP contribution >= 0.6 is 23.2 Å². The fraction of sp³-hybridized carbons (Fsp3) is 0.161. The number of nitrogens with zero attached hydrogens (tertiary/aromatic N) is 2. The van der Waals surface area contributed by atoms with Crippen LogP contribution in [-0.4, -0.2) is 42.9 Å². The number of benzene rings is 3. The first-order valence-electron chi connectivity index (χ1n) is 12.6. The molecule has 1 aliphatic rings. The summed E-state index contributed by atoms with van der Waals surface area (Å²) in [6, 6.07) is 24.0. The highest BCUT2D eigenvalue weighted by molar-refractivity contribution is 6.31. The zero-order valence-electron chi connectivity index (χ0n) is 21.4. The second-order valence-electron chi connectivity index (χ2n) is 9.29. The minimum atomic E-state index is -0.268. The fourth-order valence-corrected chi connectivity index (χ4v) is 4.76. The molecule has 2 amide bonds. The molecule has 39 heavy (non-hydrogen) atoms. The van der Waals surface area contributed by atoms with Gasteiger partial charge in [-0.05, 0) is 73.2 Å². The highest BCUT2D eigenvalue weighted by Gasteiger charge is 2.23. The van der Waals surface area contributed by atoms with Crippen LogP contribution in [0, 0.1) is 6.92 Å². The van der Waals surface area contributed by atoms with Crippen LogP contribution in [0.5, 0.6) is 0 Å². The topological polar surface area (TPSA) is 65.8 Å². The Morgan fingerprint density at radius 1 is 0.897 bits per heavy atom. The number of amides is 2. The van der Waals surface area contributed by atoms with Crippen molar-refractivity contribution in [3.8, 4) is 11.3 Å². The van der Waals surface area contributed by atoms with Crippen LogP contribution in [0.15, 0.2) is 89.4 Å². The van der Waals surface area contributed by atoms with Crippen LogP contribution in [0.25, 0.3) is 17.4 Å². The molecule has 0 unspecified atom stereocenters. The molecule has 0 bridgehead atoms. The number of aryl methyl sites for hydroxylation is 1. The summed E-state index contributed by atoms with van der Waals surface area (Å²) in [7, 11) is 0. The largest absolute Gasteiger partial charge is 0.457 e. The number of hydrogen-bond donors (Lipinski definition) is 1. The SMILES string of the molecule is Cc1ccc(-c2ccc(C=CC(=O)Nc3ccccc3N3CCN(C(=O)c4ccc(Cl)cc4)CC3)o2)cc1Cl. The number of anilines is 2. The number of carbonyl (C=O) groups excluding carboxylic acids is 2. The lowest BCUT2D eigenvalue weighted by Gasteiger charge is -2.37. The molecule has 3 aromatic carbocycles. The smallest absolute Gasteiger partial charge is 0.253 e. The van der Waals surface area contributed by atoms with Gasteiger partial charge in [-0.25, -0.2) is 0 Å². The molecular formula is C31H27Cl2N3O3. The molecule has 5 rings (SSSR count). The average Bonchev–Trinajstić information content (AvgIpc) is 3.43. The number of carbonyl (C=O) groups is 2. The molecule has 198 valence electrons. The van der Waals surface area contributed by atoms with Gasteiger partial charge < -0.3 is 19.5 Å². The first-order chi connectivity index (χ1) is 18.9. The third kappa shape index (κ3) is 6.36. The molecule has 0 spiro atoms. The summed E-state index contributed by atoms with van der Waals surface area (Å²) in [5, 5.41) is 4.25. The van der Waals surface area contributed by atoms with Crippen LogP contribution in [0.2, 0.25) is 10.0 Å². The van der Waals surface area contributed by atoms with Gasteiger partial charge in [0.05, 0.1) is 11.4 Å². The Morgan fingerprint density at radius 2 is 1.64 bits per heavy atom. The van der Waals surface area contributed by atoms with Crippen molar-refractivity contribution >= 4 is 52.5 Å². The normalized spacial score (nSPS) is 13.6. The molecule has 1 aromatic heterocycles. The molecule has 8 heteroatoms. The van der Waals surface area contributed by atoms with Gasteiger partial charge in [0.2, 0.25) is 5.91 Å².